The first-order valence-electron chi connectivity index (χ1n) is 12.4. The summed E-state index contributed by atoms with van der Waals surface area (Å²) in [7, 11) is 0. The molecule has 9 heteroatoms. The highest BCUT2D eigenvalue weighted by atomic mass is 16.5. The summed E-state index contributed by atoms with van der Waals surface area (Å²) in [5.74, 6) is -0.830. The third kappa shape index (κ3) is 4.21. The quantitative estimate of drug-likeness (QED) is 0.195. The molecule has 0 amide bonds. The smallest absolute Gasteiger partial charge is 0.157 e. The summed E-state index contributed by atoms with van der Waals surface area (Å²) in [6, 6.07) is 18.1. The summed E-state index contributed by atoms with van der Waals surface area (Å²) in [6.45, 7) is 0. The first-order chi connectivity index (χ1) is 18.7. The van der Waals surface area contributed by atoms with Gasteiger partial charge >= 0.3 is 0 Å². The number of hydrogen-bond donors (Lipinski definition) is 7. The van der Waals surface area contributed by atoms with Crippen LogP contribution in [-0.4, -0.2) is 48.0 Å². The third-order valence-corrected chi connectivity index (χ3v) is 7.40. The highest BCUT2D eigenvalue weighted by Gasteiger charge is 2.43. The SMILES string of the molecule is Oc1ccc([C@@H]2Oc3cc(O)ccc3[C@H](c3ccc(O)c4c3O[C@H](c3ccc(O)c(O)c3)[C@@H](O)C4)[C@H]2O)cc1. The fourth-order valence-electron chi connectivity index (χ4n) is 5.47. The molecule has 0 saturated heterocycles. The van der Waals surface area contributed by atoms with Crippen molar-refractivity contribution in [3.63, 3.8) is 0 Å². The van der Waals surface area contributed by atoms with Crippen LogP contribution in [0.5, 0.6) is 40.2 Å². The van der Waals surface area contributed by atoms with E-state index in [9.17, 15) is 35.7 Å². The molecule has 0 saturated carbocycles. The Morgan fingerprint density at radius 3 is 2.00 bits per heavy atom. The maximum absolute atomic E-state index is 11.7. The molecule has 2 heterocycles. The van der Waals surface area contributed by atoms with Gasteiger partial charge in [0, 0.05) is 35.1 Å². The molecule has 0 aromatic heterocycles. The van der Waals surface area contributed by atoms with Gasteiger partial charge in [-0.3, -0.25) is 0 Å². The van der Waals surface area contributed by atoms with Crippen LogP contribution in [0.15, 0.2) is 72.8 Å². The Balaban J connectivity index is 1.49. The van der Waals surface area contributed by atoms with Crippen LogP contribution in [0.4, 0.5) is 0 Å². The second-order valence-corrected chi connectivity index (χ2v) is 9.86. The number of hydrogen-bond acceptors (Lipinski definition) is 9. The average Bonchev–Trinajstić information content (AvgIpc) is 2.91. The van der Waals surface area contributed by atoms with E-state index in [1.807, 2.05) is 0 Å². The number of rotatable bonds is 3. The monoisotopic (exact) mass is 530 g/mol. The molecule has 4 aromatic rings. The van der Waals surface area contributed by atoms with Crippen molar-refractivity contribution in [2.45, 2.75) is 36.8 Å². The van der Waals surface area contributed by atoms with E-state index in [2.05, 4.69) is 0 Å². The Bertz CT molecular complexity index is 1550. The van der Waals surface area contributed by atoms with E-state index < -0.39 is 30.3 Å². The molecule has 9 nitrogen and oxygen atoms in total. The highest BCUT2D eigenvalue weighted by Crippen LogP contribution is 2.52. The van der Waals surface area contributed by atoms with Crippen molar-refractivity contribution in [3.8, 4) is 40.2 Å². The molecular formula is C30H26O9. The lowest BCUT2D eigenvalue weighted by Gasteiger charge is -2.40. The summed E-state index contributed by atoms with van der Waals surface area (Å²) in [5, 5.41) is 73.0. The Kier molecular flexibility index (Phi) is 5.90. The Morgan fingerprint density at radius 1 is 0.590 bits per heavy atom. The molecule has 5 atom stereocenters. The highest BCUT2D eigenvalue weighted by molar-refractivity contribution is 5.59. The van der Waals surface area contributed by atoms with E-state index in [1.165, 1.54) is 48.5 Å². The van der Waals surface area contributed by atoms with Gasteiger partial charge in [0.2, 0.25) is 0 Å². The Morgan fingerprint density at radius 2 is 1.26 bits per heavy atom. The van der Waals surface area contributed by atoms with Gasteiger partial charge in [-0.25, -0.2) is 0 Å². The van der Waals surface area contributed by atoms with Crippen LogP contribution >= 0.6 is 0 Å². The van der Waals surface area contributed by atoms with Crippen molar-refractivity contribution >= 4 is 0 Å². The van der Waals surface area contributed by atoms with Crippen LogP contribution in [-0.2, 0) is 6.42 Å². The minimum atomic E-state index is -1.15. The van der Waals surface area contributed by atoms with Gasteiger partial charge < -0.3 is 45.2 Å². The Hall–Kier alpha value is -4.60. The zero-order valence-corrected chi connectivity index (χ0v) is 20.5. The number of fused-ring (bicyclic) bond motifs is 2. The van der Waals surface area contributed by atoms with Crippen molar-refractivity contribution in [2.75, 3.05) is 0 Å². The number of aromatic hydroxyl groups is 5. The first kappa shape index (κ1) is 24.7. The second kappa shape index (κ2) is 9.30. The maximum atomic E-state index is 11.7. The minimum absolute atomic E-state index is 0.0207. The molecule has 2 aliphatic rings. The number of aliphatic hydroxyl groups is 2. The van der Waals surface area contributed by atoms with Crippen LogP contribution in [0.1, 0.15) is 45.9 Å². The van der Waals surface area contributed by atoms with Crippen molar-refractivity contribution in [2.24, 2.45) is 0 Å². The van der Waals surface area contributed by atoms with Gasteiger partial charge in [0.05, 0.1) is 6.10 Å². The van der Waals surface area contributed by atoms with E-state index in [4.69, 9.17) is 9.47 Å². The van der Waals surface area contributed by atoms with Crippen LogP contribution in [0.2, 0.25) is 0 Å². The number of phenols is 5. The molecule has 6 rings (SSSR count). The fraction of sp³-hybridized carbons (Fsp3) is 0.200. The number of aliphatic hydroxyl groups excluding tert-OH is 2. The van der Waals surface area contributed by atoms with E-state index in [-0.39, 0.29) is 40.9 Å². The van der Waals surface area contributed by atoms with Crippen molar-refractivity contribution in [3.05, 3.63) is 101 Å². The maximum Gasteiger partial charge on any atom is 0.157 e. The van der Waals surface area contributed by atoms with Gasteiger partial charge in [0.25, 0.3) is 0 Å². The minimum Gasteiger partial charge on any atom is -0.508 e. The lowest BCUT2D eigenvalue weighted by Crippen LogP contribution is -2.36. The van der Waals surface area contributed by atoms with E-state index >= 15 is 0 Å². The molecule has 0 spiro atoms. The van der Waals surface area contributed by atoms with Gasteiger partial charge in [-0.05, 0) is 47.5 Å². The molecule has 0 aliphatic carbocycles. The molecular weight excluding hydrogens is 504 g/mol. The van der Waals surface area contributed by atoms with E-state index in [1.54, 1.807) is 24.3 Å². The van der Waals surface area contributed by atoms with Gasteiger partial charge in [-0.15, -0.1) is 0 Å². The topological polar surface area (TPSA) is 160 Å². The average molecular weight is 531 g/mol. The molecule has 2 aliphatic heterocycles. The van der Waals surface area contributed by atoms with E-state index in [0.717, 1.165) is 0 Å². The number of phenolic OH excluding ortho intramolecular Hbond substituents is 5. The van der Waals surface area contributed by atoms with Crippen LogP contribution in [0.25, 0.3) is 0 Å². The van der Waals surface area contributed by atoms with Gasteiger partial charge in [0.1, 0.15) is 41.0 Å². The van der Waals surface area contributed by atoms with Crippen LogP contribution < -0.4 is 9.47 Å². The van der Waals surface area contributed by atoms with Crippen molar-refractivity contribution in [1.82, 2.24) is 0 Å². The molecule has 0 unspecified atom stereocenters. The van der Waals surface area contributed by atoms with Gasteiger partial charge in [-0.2, -0.15) is 0 Å². The summed E-state index contributed by atoms with van der Waals surface area (Å²) in [6.07, 6.45) is -3.99. The molecule has 39 heavy (non-hydrogen) atoms. The lowest BCUT2D eigenvalue weighted by atomic mass is 9.78. The van der Waals surface area contributed by atoms with Crippen molar-refractivity contribution in [1.29, 1.82) is 0 Å². The van der Waals surface area contributed by atoms with Crippen LogP contribution in [0.3, 0.4) is 0 Å². The van der Waals surface area contributed by atoms with Crippen molar-refractivity contribution < 1.29 is 45.2 Å². The lowest BCUT2D eigenvalue weighted by molar-refractivity contribution is 0.00253. The zero-order chi connectivity index (χ0) is 27.4. The summed E-state index contributed by atoms with van der Waals surface area (Å²) >= 11 is 0. The summed E-state index contributed by atoms with van der Waals surface area (Å²) < 4.78 is 12.4. The fourth-order valence-corrected chi connectivity index (χ4v) is 5.47. The first-order valence-corrected chi connectivity index (χ1v) is 12.4. The van der Waals surface area contributed by atoms with Gasteiger partial charge in [-0.1, -0.05) is 30.3 Å². The normalized spacial score (nSPS) is 23.7. The standard InChI is InChI=1S/C30H26O9/c31-16-4-1-14(2-5-16)29-27(37)26(18-7-6-17(32)12-25(18)38-29)19-8-10-21(33)20-13-24(36)28(39-30(19)20)15-3-9-22(34)23(35)11-15/h1-12,24,26-29,31-37H,13H2/t24-,26+,27+,28+,29-/m0/s1. The van der Waals surface area contributed by atoms with Gasteiger partial charge in [0.15, 0.2) is 17.6 Å². The Labute approximate surface area is 223 Å². The predicted octanol–water partition coefficient (Wildman–Crippen LogP) is 3.88. The van der Waals surface area contributed by atoms with E-state index in [0.29, 0.717) is 33.6 Å². The predicted molar refractivity (Wildman–Crippen MR) is 138 cm³/mol. The zero-order valence-electron chi connectivity index (χ0n) is 20.5. The molecule has 0 fully saturated rings. The summed E-state index contributed by atoms with van der Waals surface area (Å²) in [4.78, 5) is 0. The molecule has 200 valence electrons. The molecule has 7 N–H and O–H groups in total. The molecule has 4 aromatic carbocycles. The largest absolute Gasteiger partial charge is 0.508 e. The number of ether oxygens (including phenoxy) is 2. The molecule has 0 bridgehead atoms. The molecule has 0 radical (unpaired) electrons. The second-order valence-electron chi connectivity index (χ2n) is 9.86. The summed E-state index contributed by atoms with van der Waals surface area (Å²) in [5.41, 5.74) is 2.48. The number of benzene rings is 4. The van der Waals surface area contributed by atoms with Crippen LogP contribution in [0, 0.1) is 0 Å². The third-order valence-electron chi connectivity index (χ3n) is 7.40.